The van der Waals surface area contributed by atoms with Gasteiger partial charge in [-0.25, -0.2) is 4.98 Å². The molecule has 3 aromatic carbocycles. The van der Waals surface area contributed by atoms with Crippen LogP contribution >= 0.6 is 23.2 Å². The van der Waals surface area contributed by atoms with Gasteiger partial charge in [0.05, 0.1) is 5.56 Å². The topological polar surface area (TPSA) is 176 Å². The molecule has 8 bridgehead atoms. The molecule has 0 radical (unpaired) electrons. The Morgan fingerprint density at radius 3 is 2.58 bits per heavy atom. The van der Waals surface area contributed by atoms with Crippen molar-refractivity contribution < 1.29 is 33.4 Å². The number of phenols is 1. The summed E-state index contributed by atoms with van der Waals surface area (Å²) in [4.78, 5) is 40.8. The zero-order valence-corrected chi connectivity index (χ0v) is 32.0. The van der Waals surface area contributed by atoms with Crippen LogP contribution in [0.25, 0.3) is 44.9 Å². The predicted molar refractivity (Wildman–Crippen MR) is 205 cm³/mol. The normalized spacial score (nSPS) is 21.6. The molecular formula is C41H37Cl2N5O7. The summed E-state index contributed by atoms with van der Waals surface area (Å²) in [5.74, 6) is -0.856. The molecule has 4 aliphatic heterocycles. The molecule has 5 N–H and O–H groups in total. The summed E-state index contributed by atoms with van der Waals surface area (Å²) >= 11 is 13.8. The number of nitrogens with zero attached hydrogens (tertiary/aromatic N) is 2. The molecule has 6 aromatic rings. The lowest BCUT2D eigenvalue weighted by atomic mass is 9.69. The number of aromatic nitrogens is 3. The maximum atomic E-state index is 14.4. The molecule has 55 heavy (non-hydrogen) atoms. The lowest BCUT2D eigenvalue weighted by Gasteiger charge is -2.33. The number of oxazole rings is 2. The number of fused-ring (bicyclic) bond motifs is 3. The second-order valence-corrected chi connectivity index (χ2v) is 16.0. The summed E-state index contributed by atoms with van der Waals surface area (Å²) in [5, 5.41) is 30.8. The van der Waals surface area contributed by atoms with E-state index in [-0.39, 0.29) is 75.1 Å². The summed E-state index contributed by atoms with van der Waals surface area (Å²) in [7, 11) is 0. The van der Waals surface area contributed by atoms with Crippen LogP contribution in [0.2, 0.25) is 10.3 Å². The van der Waals surface area contributed by atoms with Crippen molar-refractivity contribution in [2.75, 3.05) is 0 Å². The van der Waals surface area contributed by atoms with Gasteiger partial charge in [0.1, 0.15) is 34.2 Å². The maximum Gasteiger partial charge on any atom is 0.250 e. The first-order valence-corrected chi connectivity index (χ1v) is 18.9. The molecule has 2 amide bonds. The number of rotatable bonds is 4. The zero-order valence-electron chi connectivity index (χ0n) is 30.5. The van der Waals surface area contributed by atoms with Gasteiger partial charge in [0.2, 0.25) is 24.0 Å². The highest BCUT2D eigenvalue weighted by Crippen LogP contribution is 2.57. The van der Waals surface area contributed by atoms with Crippen LogP contribution in [0.15, 0.2) is 63.4 Å². The highest BCUT2D eigenvalue weighted by atomic mass is 35.5. The van der Waals surface area contributed by atoms with Gasteiger partial charge in [0, 0.05) is 28.8 Å². The molecule has 0 saturated heterocycles. The molecule has 1 spiro atoms. The lowest BCUT2D eigenvalue weighted by Crippen LogP contribution is -2.51. The van der Waals surface area contributed by atoms with Gasteiger partial charge in [-0.3, -0.25) is 9.59 Å². The standard InChI is InChI=1S/C41H37Cl2N5O7/c1-16(2)18(5)36(50)45-26-13-20-9-11-21(49)15-24(20)41-23-12-10-19(14-27(23)53-40(41)52)22-7-6-8-25-28(22)29(34(42)44-25)32-35(43)48-39(54-32)31-33(41)55-38(47-31)30(17(3)4)46-37(26)51/h6-12,14-18,26,30,40,44,49,52H,13H2,1-5H3,(H,45,50)(H,46,51). The number of benzene rings is 3. The van der Waals surface area contributed by atoms with E-state index < -0.39 is 29.7 Å². The number of nitrogens with one attached hydrogen (secondary N) is 3. The molecule has 282 valence electrons. The molecule has 5 atom stereocenters. The molecule has 14 heteroatoms. The summed E-state index contributed by atoms with van der Waals surface area (Å²) < 4.78 is 19.8. The van der Waals surface area contributed by atoms with Crippen molar-refractivity contribution in [1.82, 2.24) is 25.6 Å². The predicted octanol–water partition coefficient (Wildman–Crippen LogP) is 7.66. The summed E-state index contributed by atoms with van der Waals surface area (Å²) in [5.41, 5.74) is 2.46. The van der Waals surface area contributed by atoms with Gasteiger partial charge in [-0.15, -0.1) is 0 Å². The number of hydrogen-bond acceptors (Lipinski definition) is 9. The van der Waals surface area contributed by atoms with Gasteiger partial charge in [0.25, 0.3) is 5.89 Å². The Hall–Kier alpha value is -5.30. The summed E-state index contributed by atoms with van der Waals surface area (Å²) in [6.45, 7) is 9.50. The molecule has 0 fully saturated rings. The summed E-state index contributed by atoms with van der Waals surface area (Å²) in [6, 6.07) is 14.1. The van der Waals surface area contributed by atoms with Crippen LogP contribution in [0.3, 0.4) is 0 Å². The second kappa shape index (κ2) is 12.6. The number of aliphatic hydroxyl groups excluding tert-OH is 1. The van der Waals surface area contributed by atoms with E-state index in [9.17, 15) is 19.8 Å². The fourth-order valence-electron chi connectivity index (χ4n) is 8.11. The number of aliphatic hydroxyl groups is 1. The van der Waals surface area contributed by atoms with Crippen molar-refractivity contribution in [3.8, 4) is 45.5 Å². The minimum absolute atomic E-state index is 0.00843. The van der Waals surface area contributed by atoms with E-state index in [1.54, 1.807) is 6.07 Å². The van der Waals surface area contributed by atoms with Crippen molar-refractivity contribution >= 4 is 45.9 Å². The maximum absolute atomic E-state index is 14.4. The van der Waals surface area contributed by atoms with E-state index >= 15 is 0 Å². The lowest BCUT2D eigenvalue weighted by molar-refractivity contribution is -0.132. The van der Waals surface area contributed by atoms with Gasteiger partial charge in [0.15, 0.2) is 22.4 Å². The number of H-pyrrole nitrogens is 1. The molecule has 5 unspecified atom stereocenters. The number of ether oxygens (including phenoxy) is 1. The fraction of sp³-hybridized carbons (Fsp3) is 0.317. The van der Waals surface area contributed by atoms with Crippen LogP contribution in [0.5, 0.6) is 11.5 Å². The first kappa shape index (κ1) is 35.4. The number of aromatic hydroxyl groups is 1. The fourth-order valence-corrected chi connectivity index (χ4v) is 8.60. The number of phenolic OH excluding ortho intramolecular Hbond substituents is 1. The Kier molecular flexibility index (Phi) is 8.12. The molecule has 4 aliphatic rings. The van der Waals surface area contributed by atoms with E-state index in [0.717, 1.165) is 22.0 Å². The number of halogens is 2. The molecule has 0 saturated carbocycles. The largest absolute Gasteiger partial charge is 0.508 e. The SMILES string of the molecule is CC(C)C(C)C(=O)NC1Cc2ccc(O)cc2C23c4ccc(cc4OC2O)-c2cccc4[nH]c(Cl)c(c24)-c2oc(nc2Cl)-c2nc(oc23)C(C(C)C)NC1=O. The van der Waals surface area contributed by atoms with Crippen molar-refractivity contribution in [3.05, 3.63) is 93.2 Å². The average molecular weight is 783 g/mol. The third-order valence-corrected chi connectivity index (χ3v) is 11.9. The Bertz CT molecular complexity index is 2570. The Morgan fingerprint density at radius 2 is 1.82 bits per heavy atom. The van der Waals surface area contributed by atoms with Crippen LogP contribution in [0, 0.1) is 17.8 Å². The van der Waals surface area contributed by atoms with Crippen LogP contribution in [-0.2, 0) is 21.4 Å². The van der Waals surface area contributed by atoms with E-state index in [4.69, 9.17) is 41.8 Å². The van der Waals surface area contributed by atoms with Gasteiger partial charge in [-0.2, -0.15) is 4.98 Å². The molecular weight excluding hydrogens is 745 g/mol. The monoisotopic (exact) mass is 781 g/mol. The number of carbonyl (C=O) groups excluding carboxylic acids is 2. The first-order chi connectivity index (χ1) is 26.3. The first-order valence-electron chi connectivity index (χ1n) is 18.2. The van der Waals surface area contributed by atoms with E-state index in [1.807, 2.05) is 71.0 Å². The molecule has 3 aromatic heterocycles. The van der Waals surface area contributed by atoms with Gasteiger partial charge < -0.3 is 39.4 Å². The zero-order chi connectivity index (χ0) is 38.7. The molecule has 10 rings (SSSR count). The van der Waals surface area contributed by atoms with Crippen LogP contribution in [0.1, 0.15) is 69.0 Å². The van der Waals surface area contributed by atoms with Crippen molar-refractivity contribution in [1.29, 1.82) is 0 Å². The Morgan fingerprint density at radius 1 is 1.02 bits per heavy atom. The van der Waals surface area contributed by atoms with E-state index in [0.29, 0.717) is 28.0 Å². The second-order valence-electron chi connectivity index (χ2n) is 15.3. The average Bonchev–Trinajstić information content (AvgIpc) is 3.90. The summed E-state index contributed by atoms with van der Waals surface area (Å²) in [6.07, 6.45) is -1.67. The number of aromatic amines is 1. The number of hydrogen-bond donors (Lipinski definition) is 5. The van der Waals surface area contributed by atoms with E-state index in [2.05, 4.69) is 20.6 Å². The number of amides is 2. The van der Waals surface area contributed by atoms with Crippen molar-refractivity contribution in [3.63, 3.8) is 0 Å². The quantitative estimate of drug-likeness (QED) is 0.120. The van der Waals surface area contributed by atoms with Gasteiger partial charge >= 0.3 is 0 Å². The van der Waals surface area contributed by atoms with Crippen LogP contribution < -0.4 is 15.4 Å². The highest BCUT2D eigenvalue weighted by molar-refractivity contribution is 6.37. The highest BCUT2D eigenvalue weighted by Gasteiger charge is 2.58. The van der Waals surface area contributed by atoms with Gasteiger partial charge in [-0.05, 0) is 58.4 Å². The van der Waals surface area contributed by atoms with Crippen LogP contribution in [0.4, 0.5) is 0 Å². The van der Waals surface area contributed by atoms with E-state index in [1.165, 1.54) is 12.1 Å². The Balaban J connectivity index is 1.39. The van der Waals surface area contributed by atoms with Crippen molar-refractivity contribution in [2.24, 2.45) is 17.8 Å². The Labute approximate surface area is 325 Å². The molecule has 0 aliphatic carbocycles. The number of carbonyl (C=O) groups is 2. The van der Waals surface area contributed by atoms with Gasteiger partial charge in [-0.1, -0.05) is 88.2 Å². The minimum Gasteiger partial charge on any atom is -0.508 e. The molecule has 12 nitrogen and oxygen atoms in total. The third-order valence-electron chi connectivity index (χ3n) is 11.3. The smallest absolute Gasteiger partial charge is 0.250 e. The minimum atomic E-state index is -1.73. The van der Waals surface area contributed by atoms with Crippen molar-refractivity contribution in [2.45, 2.75) is 64.8 Å². The van der Waals surface area contributed by atoms with Crippen LogP contribution in [-0.4, -0.2) is 49.3 Å². The molecule has 7 heterocycles. The third kappa shape index (κ3) is 5.22.